The normalized spacial score (nSPS) is 17.2. The molecule has 0 amide bonds. The van der Waals surface area contributed by atoms with E-state index in [-0.39, 0.29) is 11.9 Å². The Morgan fingerprint density at radius 2 is 1.97 bits per heavy atom. The van der Waals surface area contributed by atoms with Crippen LogP contribution in [0.4, 0.5) is 15.8 Å². The zero-order chi connectivity index (χ0) is 23.3. The lowest BCUT2D eigenvalue weighted by Gasteiger charge is -2.23. The quantitative estimate of drug-likeness (QED) is 0.590. The summed E-state index contributed by atoms with van der Waals surface area (Å²) in [4.78, 5) is 6.68. The molecular weight excluding hydrogens is 441 g/mol. The molecule has 0 bridgehead atoms. The number of hydrogen-bond acceptors (Lipinski definition) is 5. The van der Waals surface area contributed by atoms with Gasteiger partial charge in [-0.05, 0) is 70.0 Å². The number of halogens is 1. The molecule has 7 nitrogen and oxygen atoms in total. The Morgan fingerprint density at radius 1 is 1.21 bits per heavy atom. The van der Waals surface area contributed by atoms with Gasteiger partial charge in [0.1, 0.15) is 11.5 Å². The second kappa shape index (κ2) is 8.29. The lowest BCUT2D eigenvalue weighted by atomic mass is 10.0. The molecule has 0 unspecified atom stereocenters. The first-order valence-corrected chi connectivity index (χ1v) is 13.1. The Kier molecular flexibility index (Phi) is 5.56. The highest BCUT2D eigenvalue weighted by Gasteiger charge is 2.29. The summed E-state index contributed by atoms with van der Waals surface area (Å²) >= 11 is 0. The molecule has 2 N–H and O–H groups in total. The van der Waals surface area contributed by atoms with Crippen molar-refractivity contribution in [2.75, 3.05) is 36.3 Å². The van der Waals surface area contributed by atoms with E-state index in [1.165, 1.54) is 0 Å². The van der Waals surface area contributed by atoms with Crippen LogP contribution in [0, 0.1) is 5.82 Å². The van der Waals surface area contributed by atoms with Crippen molar-refractivity contribution >= 4 is 32.4 Å². The number of pyridine rings is 1. The van der Waals surface area contributed by atoms with E-state index in [9.17, 15) is 8.42 Å². The average Bonchev–Trinajstić information content (AvgIpc) is 3.35. The fourth-order valence-electron chi connectivity index (χ4n) is 4.98. The van der Waals surface area contributed by atoms with Crippen LogP contribution in [0.15, 0.2) is 30.6 Å². The molecular formula is C24H30FN5O2S. The second-order valence-corrected chi connectivity index (χ2v) is 11.3. The van der Waals surface area contributed by atoms with Gasteiger partial charge in [-0.25, -0.2) is 17.8 Å². The molecule has 2 aromatic heterocycles. The van der Waals surface area contributed by atoms with Gasteiger partial charge in [0.25, 0.3) is 0 Å². The van der Waals surface area contributed by atoms with Crippen molar-refractivity contribution in [3.8, 4) is 11.1 Å². The number of rotatable bonds is 5. The van der Waals surface area contributed by atoms with Crippen molar-refractivity contribution < 1.29 is 12.8 Å². The summed E-state index contributed by atoms with van der Waals surface area (Å²) < 4.78 is 46.6. The Balaban J connectivity index is 1.68. The molecule has 9 heteroatoms. The fraction of sp³-hybridized carbons (Fsp3) is 0.458. The largest absolute Gasteiger partial charge is 0.374 e. The number of nitrogens with zero attached hydrogens (tertiary/aromatic N) is 3. The molecule has 2 aliphatic heterocycles. The minimum Gasteiger partial charge on any atom is -0.374 e. The number of nitrogens with one attached hydrogen (secondary N) is 2. The summed E-state index contributed by atoms with van der Waals surface area (Å²) in [5.74, 6) is -0.303. The van der Waals surface area contributed by atoms with E-state index < -0.39 is 15.3 Å². The molecule has 3 aromatic rings. The van der Waals surface area contributed by atoms with E-state index in [1.54, 1.807) is 18.3 Å². The predicted molar refractivity (Wildman–Crippen MR) is 131 cm³/mol. The van der Waals surface area contributed by atoms with E-state index in [2.05, 4.69) is 19.9 Å². The number of sulfonamides is 1. The van der Waals surface area contributed by atoms with Gasteiger partial charge in [0.2, 0.25) is 10.0 Å². The molecule has 0 radical (unpaired) electrons. The minimum absolute atomic E-state index is 0.0742. The summed E-state index contributed by atoms with van der Waals surface area (Å²) in [6.45, 7) is 6.28. The molecule has 0 aliphatic carbocycles. The van der Waals surface area contributed by atoms with Crippen LogP contribution in [-0.2, 0) is 16.4 Å². The van der Waals surface area contributed by atoms with Gasteiger partial charge >= 0.3 is 0 Å². The van der Waals surface area contributed by atoms with E-state index in [0.717, 1.165) is 24.2 Å². The van der Waals surface area contributed by atoms with Gasteiger partial charge in [-0.3, -0.25) is 4.72 Å². The van der Waals surface area contributed by atoms with Crippen molar-refractivity contribution in [2.24, 2.45) is 0 Å². The molecule has 1 fully saturated rings. The van der Waals surface area contributed by atoms with E-state index in [1.807, 2.05) is 37.7 Å². The molecule has 0 atom stereocenters. The Labute approximate surface area is 194 Å². The summed E-state index contributed by atoms with van der Waals surface area (Å²) in [5.41, 5.74) is 4.20. The zero-order valence-electron chi connectivity index (χ0n) is 19.2. The van der Waals surface area contributed by atoms with Gasteiger partial charge < -0.3 is 14.8 Å². The second-order valence-electron chi connectivity index (χ2n) is 9.33. The molecule has 1 aromatic carbocycles. The van der Waals surface area contributed by atoms with Crippen molar-refractivity contribution in [3.05, 3.63) is 42.0 Å². The van der Waals surface area contributed by atoms with Crippen LogP contribution in [0.25, 0.3) is 22.2 Å². The van der Waals surface area contributed by atoms with Gasteiger partial charge in [-0.2, -0.15) is 0 Å². The monoisotopic (exact) mass is 471 g/mol. The van der Waals surface area contributed by atoms with Crippen molar-refractivity contribution in [1.82, 2.24) is 14.9 Å². The number of fused-ring (bicyclic) bond motifs is 2. The molecule has 0 saturated carbocycles. The van der Waals surface area contributed by atoms with E-state index in [0.29, 0.717) is 53.8 Å². The van der Waals surface area contributed by atoms with E-state index >= 15 is 4.39 Å². The van der Waals surface area contributed by atoms with Crippen LogP contribution < -0.4 is 14.9 Å². The first kappa shape index (κ1) is 22.2. The third-order valence-electron chi connectivity index (χ3n) is 6.83. The number of hydrogen-bond donors (Lipinski definition) is 2. The predicted octanol–water partition coefficient (Wildman–Crippen LogP) is 3.91. The fourth-order valence-corrected chi connectivity index (χ4v) is 6.48. The van der Waals surface area contributed by atoms with Crippen LogP contribution in [-0.4, -0.2) is 49.9 Å². The van der Waals surface area contributed by atoms with Gasteiger partial charge in [-0.1, -0.05) is 0 Å². The first-order chi connectivity index (χ1) is 15.8. The maximum atomic E-state index is 15.4. The minimum atomic E-state index is -3.60. The van der Waals surface area contributed by atoms with Crippen LogP contribution in [0.3, 0.4) is 0 Å². The summed E-state index contributed by atoms with van der Waals surface area (Å²) in [5, 5.41) is 3.38. The maximum Gasteiger partial charge on any atom is 0.235 e. The third-order valence-corrected chi connectivity index (χ3v) is 8.69. The smallest absolute Gasteiger partial charge is 0.235 e. The summed E-state index contributed by atoms with van der Waals surface area (Å²) in [6.07, 6.45) is 5.45. The highest BCUT2D eigenvalue weighted by molar-refractivity contribution is 7.93. The van der Waals surface area contributed by atoms with Crippen LogP contribution in [0.2, 0.25) is 0 Å². The number of benzene rings is 1. The van der Waals surface area contributed by atoms with Gasteiger partial charge in [0.15, 0.2) is 0 Å². The molecule has 1 saturated heterocycles. The van der Waals surface area contributed by atoms with Crippen LogP contribution in [0.5, 0.6) is 0 Å². The van der Waals surface area contributed by atoms with Crippen LogP contribution in [0.1, 0.15) is 38.3 Å². The number of aromatic nitrogens is 2. The van der Waals surface area contributed by atoms with Crippen molar-refractivity contribution in [1.29, 1.82) is 0 Å². The highest BCUT2D eigenvalue weighted by Crippen LogP contribution is 2.41. The molecule has 33 heavy (non-hydrogen) atoms. The van der Waals surface area contributed by atoms with Crippen molar-refractivity contribution in [2.45, 2.75) is 44.4 Å². The maximum absolute atomic E-state index is 15.4. The topological polar surface area (TPSA) is 79.3 Å². The zero-order valence-corrected chi connectivity index (χ0v) is 20.0. The molecule has 5 rings (SSSR count). The SMILES string of the molecule is CC(C)n1cc(-c2cc3c(cc2F)CCN3C)c2c(NS(=O)(=O)C3CCNCC3)ccnc21. The van der Waals surface area contributed by atoms with Gasteiger partial charge in [0, 0.05) is 48.8 Å². The summed E-state index contributed by atoms with van der Waals surface area (Å²) in [6, 6.07) is 5.24. The third kappa shape index (κ3) is 3.87. The molecule has 4 heterocycles. The first-order valence-electron chi connectivity index (χ1n) is 11.5. The number of likely N-dealkylation sites (N-methyl/N-ethyl adjacent to an activating group) is 1. The average molecular weight is 472 g/mol. The number of piperidine rings is 1. The lowest BCUT2D eigenvalue weighted by Crippen LogP contribution is -2.38. The standard InChI is InChI=1S/C24H30FN5O2S/c1-15(2)30-14-19(18-13-22-16(12-20(18)25)7-11-29(22)3)23-21(6-10-27-24(23)30)28-33(31,32)17-4-8-26-9-5-17/h6,10,12-15,17,26H,4-5,7-9,11H2,1-3H3,(H,27,28). The Morgan fingerprint density at radius 3 is 2.70 bits per heavy atom. The molecule has 176 valence electrons. The van der Waals surface area contributed by atoms with Gasteiger partial charge in [-0.15, -0.1) is 0 Å². The van der Waals surface area contributed by atoms with Crippen LogP contribution >= 0.6 is 0 Å². The highest BCUT2D eigenvalue weighted by atomic mass is 32.2. The number of anilines is 2. The molecule has 2 aliphatic rings. The van der Waals surface area contributed by atoms with Crippen molar-refractivity contribution in [3.63, 3.8) is 0 Å². The van der Waals surface area contributed by atoms with Gasteiger partial charge in [0.05, 0.1) is 16.3 Å². The van der Waals surface area contributed by atoms with E-state index in [4.69, 9.17) is 0 Å². The lowest BCUT2D eigenvalue weighted by molar-refractivity contribution is 0.499. The Hall–Kier alpha value is -2.65. The Bertz CT molecular complexity index is 1310. The summed E-state index contributed by atoms with van der Waals surface area (Å²) in [7, 11) is -1.59. The molecule has 0 spiro atoms.